The van der Waals surface area contributed by atoms with Crippen LogP contribution in [0.15, 0.2) is 29.6 Å². The molecule has 4 heteroatoms. The highest BCUT2D eigenvalue weighted by molar-refractivity contribution is 7.13. The van der Waals surface area contributed by atoms with Crippen molar-refractivity contribution in [2.75, 3.05) is 0 Å². The third kappa shape index (κ3) is 1.74. The van der Waals surface area contributed by atoms with Crippen molar-refractivity contribution in [3.8, 4) is 10.6 Å². The van der Waals surface area contributed by atoms with Crippen molar-refractivity contribution in [2.45, 2.75) is 19.9 Å². The second kappa shape index (κ2) is 4.23. The van der Waals surface area contributed by atoms with Gasteiger partial charge in [-0.3, -0.25) is 0 Å². The molecule has 3 aromatic rings. The number of fused-ring (bicyclic) bond motifs is 1. The van der Waals surface area contributed by atoms with Crippen molar-refractivity contribution in [2.24, 2.45) is 5.73 Å². The molecule has 1 aromatic carbocycles. The summed E-state index contributed by atoms with van der Waals surface area (Å²) in [7, 11) is 0. The molecule has 0 aliphatic carbocycles. The molecule has 2 heterocycles. The van der Waals surface area contributed by atoms with Gasteiger partial charge < -0.3 is 10.7 Å². The number of aromatic amines is 1. The second-order valence-corrected chi connectivity index (χ2v) is 5.39. The Labute approximate surface area is 110 Å². The molecule has 1 atom stereocenters. The summed E-state index contributed by atoms with van der Waals surface area (Å²) in [5, 5.41) is 4.30. The smallest absolute Gasteiger partial charge is 0.126 e. The third-order valence-electron chi connectivity index (χ3n) is 3.10. The topological polar surface area (TPSA) is 54.7 Å². The SMILES string of the molecule is Cc1[nH]c2ccccc2c1-c1nc(C(C)N)cs1. The summed E-state index contributed by atoms with van der Waals surface area (Å²) < 4.78 is 0. The lowest BCUT2D eigenvalue weighted by Gasteiger charge is -1.99. The molecule has 0 bridgehead atoms. The molecular formula is C14H15N3S. The molecule has 3 nitrogen and oxygen atoms in total. The van der Waals surface area contributed by atoms with Crippen molar-refractivity contribution in [3.05, 3.63) is 41.0 Å². The van der Waals surface area contributed by atoms with E-state index in [1.807, 2.05) is 18.4 Å². The van der Waals surface area contributed by atoms with Gasteiger partial charge in [0.05, 0.1) is 5.69 Å². The molecule has 1 unspecified atom stereocenters. The summed E-state index contributed by atoms with van der Waals surface area (Å²) >= 11 is 1.65. The number of aryl methyl sites for hydroxylation is 1. The summed E-state index contributed by atoms with van der Waals surface area (Å²) in [4.78, 5) is 8.04. The maximum atomic E-state index is 5.87. The highest BCUT2D eigenvalue weighted by Crippen LogP contribution is 2.34. The fraction of sp³-hybridized carbons (Fsp3) is 0.214. The van der Waals surface area contributed by atoms with E-state index in [4.69, 9.17) is 5.73 Å². The van der Waals surface area contributed by atoms with Gasteiger partial charge in [-0.15, -0.1) is 11.3 Å². The maximum Gasteiger partial charge on any atom is 0.126 e. The molecule has 2 aromatic heterocycles. The van der Waals surface area contributed by atoms with Gasteiger partial charge in [-0.2, -0.15) is 0 Å². The van der Waals surface area contributed by atoms with Crippen LogP contribution in [0.2, 0.25) is 0 Å². The monoisotopic (exact) mass is 257 g/mol. The van der Waals surface area contributed by atoms with Crippen LogP contribution in [0.5, 0.6) is 0 Å². The van der Waals surface area contributed by atoms with Gasteiger partial charge in [0.2, 0.25) is 0 Å². The lowest BCUT2D eigenvalue weighted by molar-refractivity contribution is 0.790. The Morgan fingerprint density at radius 3 is 2.83 bits per heavy atom. The number of rotatable bonds is 2. The van der Waals surface area contributed by atoms with Crippen molar-refractivity contribution in [1.29, 1.82) is 0 Å². The lowest BCUT2D eigenvalue weighted by Crippen LogP contribution is -2.04. The quantitative estimate of drug-likeness (QED) is 0.736. The number of para-hydroxylation sites is 1. The Hall–Kier alpha value is -1.65. The van der Waals surface area contributed by atoms with Crippen LogP contribution in [0.25, 0.3) is 21.5 Å². The number of thiazole rings is 1. The van der Waals surface area contributed by atoms with Gasteiger partial charge in [-0.05, 0) is 19.9 Å². The van der Waals surface area contributed by atoms with Crippen LogP contribution in [0.1, 0.15) is 24.4 Å². The minimum atomic E-state index is -0.0134. The molecule has 0 aliphatic heterocycles. The Morgan fingerprint density at radius 2 is 2.11 bits per heavy atom. The molecule has 0 saturated carbocycles. The average Bonchev–Trinajstić information content (AvgIpc) is 2.91. The van der Waals surface area contributed by atoms with Crippen molar-refractivity contribution in [3.63, 3.8) is 0 Å². The predicted octanol–water partition coefficient (Wildman–Crippen LogP) is 3.62. The Morgan fingerprint density at radius 1 is 1.33 bits per heavy atom. The van der Waals surface area contributed by atoms with Gasteiger partial charge in [0.1, 0.15) is 5.01 Å². The molecule has 18 heavy (non-hydrogen) atoms. The number of hydrogen-bond acceptors (Lipinski definition) is 3. The first-order chi connectivity index (χ1) is 8.66. The third-order valence-corrected chi connectivity index (χ3v) is 3.97. The van der Waals surface area contributed by atoms with E-state index in [1.165, 1.54) is 10.9 Å². The molecule has 0 amide bonds. The van der Waals surface area contributed by atoms with E-state index in [0.29, 0.717) is 0 Å². The Kier molecular flexibility index (Phi) is 2.69. The highest BCUT2D eigenvalue weighted by atomic mass is 32.1. The van der Waals surface area contributed by atoms with Crippen LogP contribution in [0.4, 0.5) is 0 Å². The van der Waals surface area contributed by atoms with Crippen LogP contribution < -0.4 is 5.73 Å². The van der Waals surface area contributed by atoms with Crippen LogP contribution >= 0.6 is 11.3 Å². The summed E-state index contributed by atoms with van der Waals surface area (Å²) in [5.41, 5.74) is 10.3. The molecule has 92 valence electrons. The number of nitrogens with two attached hydrogens (primary N) is 1. The van der Waals surface area contributed by atoms with Gasteiger partial charge in [0.15, 0.2) is 0 Å². The van der Waals surface area contributed by atoms with E-state index in [9.17, 15) is 0 Å². The van der Waals surface area contributed by atoms with Gasteiger partial charge >= 0.3 is 0 Å². The molecule has 3 rings (SSSR count). The molecule has 0 spiro atoms. The zero-order chi connectivity index (χ0) is 12.7. The first kappa shape index (κ1) is 11.4. The van der Waals surface area contributed by atoms with E-state index < -0.39 is 0 Å². The van der Waals surface area contributed by atoms with Gasteiger partial charge in [-0.25, -0.2) is 4.98 Å². The molecule has 0 saturated heterocycles. The number of nitrogens with zero attached hydrogens (tertiary/aromatic N) is 1. The van der Waals surface area contributed by atoms with Crippen LogP contribution in [-0.4, -0.2) is 9.97 Å². The number of H-pyrrole nitrogens is 1. The van der Waals surface area contributed by atoms with Crippen molar-refractivity contribution in [1.82, 2.24) is 9.97 Å². The van der Waals surface area contributed by atoms with E-state index in [0.717, 1.165) is 21.9 Å². The van der Waals surface area contributed by atoms with Gasteiger partial charge in [-0.1, -0.05) is 18.2 Å². The van der Waals surface area contributed by atoms with E-state index >= 15 is 0 Å². The first-order valence-corrected chi connectivity index (χ1v) is 6.83. The maximum absolute atomic E-state index is 5.87. The molecule has 0 radical (unpaired) electrons. The lowest BCUT2D eigenvalue weighted by atomic mass is 10.1. The minimum Gasteiger partial charge on any atom is -0.358 e. The first-order valence-electron chi connectivity index (χ1n) is 5.95. The van der Waals surface area contributed by atoms with Crippen molar-refractivity contribution < 1.29 is 0 Å². The number of nitrogens with one attached hydrogen (secondary N) is 1. The summed E-state index contributed by atoms with van der Waals surface area (Å²) in [6, 6.07) is 8.30. The normalized spacial score (nSPS) is 13.1. The number of hydrogen-bond donors (Lipinski definition) is 2. The average molecular weight is 257 g/mol. The summed E-state index contributed by atoms with van der Waals surface area (Å²) in [6.45, 7) is 4.04. The fourth-order valence-electron chi connectivity index (χ4n) is 2.16. The fourth-order valence-corrected chi connectivity index (χ4v) is 3.20. The minimum absolute atomic E-state index is 0.0134. The van der Waals surface area contributed by atoms with E-state index in [1.54, 1.807) is 11.3 Å². The summed E-state index contributed by atoms with van der Waals surface area (Å²) in [5.74, 6) is 0. The van der Waals surface area contributed by atoms with Crippen LogP contribution in [0.3, 0.4) is 0 Å². The van der Waals surface area contributed by atoms with Crippen molar-refractivity contribution >= 4 is 22.2 Å². The highest BCUT2D eigenvalue weighted by Gasteiger charge is 2.14. The second-order valence-electron chi connectivity index (χ2n) is 4.54. The Bertz CT molecular complexity index is 694. The standard InChI is InChI=1S/C14H15N3S/c1-8(15)12-7-18-14(17-12)13-9(2)16-11-6-4-3-5-10(11)13/h3-8,16H,15H2,1-2H3. The zero-order valence-corrected chi connectivity index (χ0v) is 11.2. The van der Waals surface area contributed by atoms with E-state index in [-0.39, 0.29) is 6.04 Å². The van der Waals surface area contributed by atoms with Gasteiger partial charge in [0.25, 0.3) is 0 Å². The Balaban J connectivity index is 2.21. The van der Waals surface area contributed by atoms with E-state index in [2.05, 4.69) is 35.1 Å². The zero-order valence-electron chi connectivity index (χ0n) is 10.4. The molecule has 0 fully saturated rings. The predicted molar refractivity (Wildman–Crippen MR) is 76.7 cm³/mol. The van der Waals surface area contributed by atoms with Crippen LogP contribution in [0, 0.1) is 6.92 Å². The van der Waals surface area contributed by atoms with Gasteiger partial charge in [0, 0.05) is 33.6 Å². The number of aromatic nitrogens is 2. The largest absolute Gasteiger partial charge is 0.358 e. The molecule has 0 aliphatic rings. The molecular weight excluding hydrogens is 242 g/mol. The summed E-state index contributed by atoms with van der Waals surface area (Å²) in [6.07, 6.45) is 0. The molecule has 3 N–H and O–H groups in total. The number of benzene rings is 1. The van der Waals surface area contributed by atoms with Crippen LogP contribution in [-0.2, 0) is 0 Å².